The Labute approximate surface area is 117 Å². The van der Waals surface area contributed by atoms with Gasteiger partial charge in [-0.25, -0.2) is 9.78 Å². The van der Waals surface area contributed by atoms with Crippen LogP contribution >= 0.6 is 0 Å². The van der Waals surface area contributed by atoms with Gasteiger partial charge in [0.2, 0.25) is 5.91 Å². The topological polar surface area (TPSA) is 110 Å². The maximum Gasteiger partial charge on any atom is 0.356 e. The summed E-state index contributed by atoms with van der Waals surface area (Å²) < 4.78 is 1.64. The summed E-state index contributed by atoms with van der Waals surface area (Å²) in [6.07, 6.45) is 6.79. The number of carbonyl (C=O) groups is 2. The van der Waals surface area contributed by atoms with E-state index in [-0.39, 0.29) is 23.6 Å². The first-order valence-electron chi connectivity index (χ1n) is 6.86. The molecule has 2 atom stereocenters. The van der Waals surface area contributed by atoms with Gasteiger partial charge in [0.1, 0.15) is 0 Å². The molecule has 1 aliphatic carbocycles. The Hall–Kier alpha value is -1.89. The summed E-state index contributed by atoms with van der Waals surface area (Å²) >= 11 is 0. The average molecular weight is 280 g/mol. The van der Waals surface area contributed by atoms with Gasteiger partial charge in [0, 0.05) is 25.3 Å². The van der Waals surface area contributed by atoms with Crippen LogP contribution < -0.4 is 11.1 Å². The van der Waals surface area contributed by atoms with Gasteiger partial charge >= 0.3 is 5.97 Å². The number of carboxylic acid groups (broad SMARTS) is 1. The highest BCUT2D eigenvalue weighted by atomic mass is 16.4. The molecule has 0 saturated heterocycles. The highest BCUT2D eigenvalue weighted by Crippen LogP contribution is 2.22. The highest BCUT2D eigenvalue weighted by molar-refractivity contribution is 5.84. The molecule has 2 unspecified atom stereocenters. The molecule has 1 aliphatic rings. The lowest BCUT2D eigenvalue weighted by Gasteiger charge is -2.27. The maximum absolute atomic E-state index is 12.0. The van der Waals surface area contributed by atoms with Crippen LogP contribution in [0.2, 0.25) is 0 Å². The van der Waals surface area contributed by atoms with Crippen molar-refractivity contribution in [1.82, 2.24) is 14.9 Å². The number of aromatic carboxylic acids is 1. The zero-order valence-corrected chi connectivity index (χ0v) is 11.3. The van der Waals surface area contributed by atoms with E-state index in [2.05, 4.69) is 10.3 Å². The quantitative estimate of drug-likeness (QED) is 0.714. The van der Waals surface area contributed by atoms with Crippen molar-refractivity contribution >= 4 is 11.9 Å². The lowest BCUT2D eigenvalue weighted by Crippen LogP contribution is -2.44. The molecule has 1 amide bonds. The fraction of sp³-hybridized carbons (Fsp3) is 0.615. The minimum Gasteiger partial charge on any atom is -0.476 e. The number of nitrogens with two attached hydrogens (primary N) is 1. The second kappa shape index (κ2) is 6.51. The molecule has 2 rings (SSSR count). The molecule has 1 saturated carbocycles. The van der Waals surface area contributed by atoms with E-state index in [0.717, 1.165) is 25.7 Å². The average Bonchev–Trinajstić information content (AvgIpc) is 2.88. The van der Waals surface area contributed by atoms with Crippen molar-refractivity contribution in [3.63, 3.8) is 0 Å². The summed E-state index contributed by atoms with van der Waals surface area (Å²) in [4.78, 5) is 26.4. The van der Waals surface area contributed by atoms with Gasteiger partial charge in [0.25, 0.3) is 0 Å². The van der Waals surface area contributed by atoms with E-state index in [1.54, 1.807) is 4.57 Å². The predicted octanol–water partition coefficient (Wildman–Crippen LogP) is 0.215. The van der Waals surface area contributed by atoms with Gasteiger partial charge in [-0.3, -0.25) is 4.79 Å². The lowest BCUT2D eigenvalue weighted by atomic mass is 9.84. The molecule has 4 N–H and O–H groups in total. The highest BCUT2D eigenvalue weighted by Gasteiger charge is 2.27. The van der Waals surface area contributed by atoms with E-state index in [1.807, 2.05) is 0 Å². The normalized spacial score (nSPS) is 22.4. The molecule has 1 heterocycles. The molecule has 0 bridgehead atoms. The Bertz CT molecular complexity index is 486. The van der Waals surface area contributed by atoms with Crippen molar-refractivity contribution in [3.8, 4) is 0 Å². The van der Waals surface area contributed by atoms with Crippen LogP contribution in [0.15, 0.2) is 12.5 Å². The van der Waals surface area contributed by atoms with Crippen LogP contribution in [0.3, 0.4) is 0 Å². The van der Waals surface area contributed by atoms with Gasteiger partial charge in [-0.1, -0.05) is 12.8 Å². The molecule has 7 heteroatoms. The number of carbonyl (C=O) groups excluding carboxylic acids is 1. The Balaban J connectivity index is 1.77. The molecular formula is C13H20N4O3. The van der Waals surface area contributed by atoms with E-state index in [1.165, 1.54) is 12.5 Å². The van der Waals surface area contributed by atoms with Crippen molar-refractivity contribution in [3.05, 3.63) is 18.2 Å². The van der Waals surface area contributed by atoms with Crippen LogP contribution in [-0.2, 0) is 11.3 Å². The van der Waals surface area contributed by atoms with E-state index in [0.29, 0.717) is 13.1 Å². The Kier molecular flexibility index (Phi) is 4.73. The lowest BCUT2D eigenvalue weighted by molar-refractivity contribution is -0.126. The van der Waals surface area contributed by atoms with Crippen LogP contribution in [0.5, 0.6) is 0 Å². The molecular weight excluding hydrogens is 260 g/mol. The third-order valence-corrected chi connectivity index (χ3v) is 3.68. The first kappa shape index (κ1) is 14.5. The standard InChI is InChI=1S/C13H20N4O3/c14-10-4-2-1-3-9(10)12(18)15-5-6-17-7-11(13(19)20)16-8-17/h7-10H,1-6,14H2,(H,15,18)(H,19,20). The minimum atomic E-state index is -1.05. The molecule has 20 heavy (non-hydrogen) atoms. The second-order valence-electron chi connectivity index (χ2n) is 5.15. The largest absolute Gasteiger partial charge is 0.476 e. The zero-order chi connectivity index (χ0) is 14.5. The number of hydrogen-bond donors (Lipinski definition) is 3. The third kappa shape index (κ3) is 3.57. The van der Waals surface area contributed by atoms with Gasteiger partial charge < -0.3 is 20.7 Å². The van der Waals surface area contributed by atoms with Crippen molar-refractivity contribution in [2.45, 2.75) is 38.3 Å². The van der Waals surface area contributed by atoms with Crippen LogP contribution in [0.4, 0.5) is 0 Å². The van der Waals surface area contributed by atoms with Crippen LogP contribution in [0, 0.1) is 5.92 Å². The molecule has 110 valence electrons. The van der Waals surface area contributed by atoms with Crippen molar-refractivity contribution < 1.29 is 14.7 Å². The van der Waals surface area contributed by atoms with E-state index in [4.69, 9.17) is 10.8 Å². The minimum absolute atomic E-state index is 0.00391. The maximum atomic E-state index is 12.0. The molecule has 1 aromatic rings. The monoisotopic (exact) mass is 280 g/mol. The van der Waals surface area contributed by atoms with Crippen LogP contribution in [0.1, 0.15) is 36.2 Å². The number of amides is 1. The van der Waals surface area contributed by atoms with E-state index >= 15 is 0 Å². The number of hydrogen-bond acceptors (Lipinski definition) is 4. The SMILES string of the molecule is NC1CCCCC1C(=O)NCCn1cnc(C(=O)O)c1. The van der Waals surface area contributed by atoms with Crippen molar-refractivity contribution in [2.24, 2.45) is 11.7 Å². The number of aromatic nitrogens is 2. The third-order valence-electron chi connectivity index (χ3n) is 3.68. The zero-order valence-electron chi connectivity index (χ0n) is 11.3. The van der Waals surface area contributed by atoms with Gasteiger partial charge in [-0.2, -0.15) is 0 Å². The summed E-state index contributed by atoms with van der Waals surface area (Å²) in [6, 6.07) is -0.0457. The summed E-state index contributed by atoms with van der Waals surface area (Å²) in [6.45, 7) is 0.936. The number of imidazole rings is 1. The molecule has 1 fully saturated rings. The van der Waals surface area contributed by atoms with Crippen LogP contribution in [-0.4, -0.2) is 39.1 Å². The number of nitrogens with one attached hydrogen (secondary N) is 1. The van der Waals surface area contributed by atoms with E-state index < -0.39 is 5.97 Å². The second-order valence-corrected chi connectivity index (χ2v) is 5.15. The Morgan fingerprint density at radius 3 is 2.85 bits per heavy atom. The molecule has 0 aromatic carbocycles. The first-order valence-corrected chi connectivity index (χ1v) is 6.86. The Morgan fingerprint density at radius 2 is 2.20 bits per heavy atom. The summed E-state index contributed by atoms with van der Waals surface area (Å²) in [5.41, 5.74) is 5.96. The van der Waals surface area contributed by atoms with E-state index in [9.17, 15) is 9.59 Å². The number of rotatable bonds is 5. The fourth-order valence-electron chi connectivity index (χ4n) is 2.52. The van der Waals surface area contributed by atoms with Crippen LogP contribution in [0.25, 0.3) is 0 Å². The first-order chi connectivity index (χ1) is 9.58. The molecule has 7 nitrogen and oxygen atoms in total. The summed E-state index contributed by atoms with van der Waals surface area (Å²) in [7, 11) is 0. The number of nitrogens with zero attached hydrogens (tertiary/aromatic N) is 2. The van der Waals surface area contributed by atoms with Crippen molar-refractivity contribution in [1.29, 1.82) is 0 Å². The molecule has 0 aliphatic heterocycles. The van der Waals surface area contributed by atoms with Gasteiger partial charge in [-0.05, 0) is 12.8 Å². The predicted molar refractivity (Wildman–Crippen MR) is 72.1 cm³/mol. The summed E-state index contributed by atoms with van der Waals surface area (Å²) in [5.74, 6) is -1.15. The molecule has 0 spiro atoms. The smallest absolute Gasteiger partial charge is 0.356 e. The fourth-order valence-corrected chi connectivity index (χ4v) is 2.52. The van der Waals surface area contributed by atoms with Gasteiger partial charge in [-0.15, -0.1) is 0 Å². The van der Waals surface area contributed by atoms with Gasteiger partial charge in [0.15, 0.2) is 5.69 Å². The molecule has 0 radical (unpaired) electrons. The number of carboxylic acids is 1. The van der Waals surface area contributed by atoms with Gasteiger partial charge in [0.05, 0.1) is 12.2 Å². The van der Waals surface area contributed by atoms with Crippen molar-refractivity contribution in [2.75, 3.05) is 6.54 Å². The molecule has 1 aromatic heterocycles. The Morgan fingerprint density at radius 1 is 1.45 bits per heavy atom. The summed E-state index contributed by atoms with van der Waals surface area (Å²) in [5, 5.41) is 11.6.